The standard InChI is InChI=1S/C17H20N4O2/c1-13-9-15-16(23-12-22-15)10-14(13)11-20-5-7-21(8-6-20)17-18-3-2-4-19-17/h2-4,9-10H,5-8,11-12H2,1H3. The Labute approximate surface area is 135 Å². The van der Waals surface area contributed by atoms with Gasteiger partial charge in [-0.3, -0.25) is 4.90 Å². The summed E-state index contributed by atoms with van der Waals surface area (Å²) in [5, 5.41) is 0. The summed E-state index contributed by atoms with van der Waals surface area (Å²) in [7, 11) is 0. The Balaban J connectivity index is 1.40. The van der Waals surface area contributed by atoms with Gasteiger partial charge in [0.15, 0.2) is 11.5 Å². The molecule has 1 fully saturated rings. The van der Waals surface area contributed by atoms with E-state index in [0.29, 0.717) is 6.79 Å². The van der Waals surface area contributed by atoms with Gasteiger partial charge in [0, 0.05) is 45.1 Å². The number of anilines is 1. The maximum absolute atomic E-state index is 5.49. The number of ether oxygens (including phenoxy) is 2. The van der Waals surface area contributed by atoms with Crippen LogP contribution in [-0.2, 0) is 6.54 Å². The zero-order chi connectivity index (χ0) is 15.6. The monoisotopic (exact) mass is 312 g/mol. The number of hydrogen-bond donors (Lipinski definition) is 0. The SMILES string of the molecule is Cc1cc2c(cc1CN1CCN(c3ncccn3)CC1)OCO2. The van der Waals surface area contributed by atoms with Crippen LogP contribution in [0.3, 0.4) is 0 Å². The molecule has 0 radical (unpaired) electrons. The molecule has 0 amide bonds. The van der Waals surface area contributed by atoms with Gasteiger partial charge >= 0.3 is 0 Å². The van der Waals surface area contributed by atoms with Crippen molar-refractivity contribution in [2.24, 2.45) is 0 Å². The van der Waals surface area contributed by atoms with Crippen LogP contribution < -0.4 is 14.4 Å². The minimum atomic E-state index is 0.327. The Bertz CT molecular complexity index is 684. The van der Waals surface area contributed by atoms with Crippen molar-refractivity contribution >= 4 is 5.95 Å². The fourth-order valence-corrected chi connectivity index (χ4v) is 3.06. The number of aryl methyl sites for hydroxylation is 1. The summed E-state index contributed by atoms with van der Waals surface area (Å²) in [6, 6.07) is 6.04. The molecule has 2 aromatic rings. The quantitative estimate of drug-likeness (QED) is 0.862. The fraction of sp³-hybridized carbons (Fsp3) is 0.412. The van der Waals surface area contributed by atoms with E-state index in [9.17, 15) is 0 Å². The average Bonchev–Trinajstić information content (AvgIpc) is 3.04. The van der Waals surface area contributed by atoms with Gasteiger partial charge in [-0.05, 0) is 36.2 Å². The first-order chi connectivity index (χ1) is 11.3. The minimum absolute atomic E-state index is 0.327. The topological polar surface area (TPSA) is 50.7 Å². The van der Waals surface area contributed by atoms with Crippen LogP contribution in [0.15, 0.2) is 30.6 Å². The number of rotatable bonds is 3. The molecule has 0 unspecified atom stereocenters. The van der Waals surface area contributed by atoms with E-state index in [4.69, 9.17) is 9.47 Å². The summed E-state index contributed by atoms with van der Waals surface area (Å²) in [6.45, 7) is 7.31. The van der Waals surface area contributed by atoms with Crippen LogP contribution in [0.1, 0.15) is 11.1 Å². The lowest BCUT2D eigenvalue weighted by atomic mass is 10.1. The van der Waals surface area contributed by atoms with E-state index in [2.05, 4.69) is 38.8 Å². The molecule has 0 atom stereocenters. The van der Waals surface area contributed by atoms with E-state index in [1.807, 2.05) is 6.07 Å². The maximum Gasteiger partial charge on any atom is 0.231 e. The molecule has 0 bridgehead atoms. The Hall–Kier alpha value is -2.34. The molecule has 3 heterocycles. The molecule has 1 aromatic carbocycles. The third-order valence-electron chi connectivity index (χ3n) is 4.43. The van der Waals surface area contributed by atoms with Crippen LogP contribution in [0.5, 0.6) is 11.5 Å². The van der Waals surface area contributed by atoms with Gasteiger partial charge in [0.25, 0.3) is 0 Å². The lowest BCUT2D eigenvalue weighted by molar-refractivity contribution is 0.174. The lowest BCUT2D eigenvalue weighted by Gasteiger charge is -2.34. The molecule has 0 N–H and O–H groups in total. The molecule has 120 valence electrons. The highest BCUT2D eigenvalue weighted by atomic mass is 16.7. The van der Waals surface area contributed by atoms with Gasteiger partial charge in [-0.2, -0.15) is 0 Å². The van der Waals surface area contributed by atoms with Gasteiger partial charge < -0.3 is 14.4 Å². The normalized spacial score (nSPS) is 17.5. The second kappa shape index (κ2) is 6.04. The number of nitrogens with zero attached hydrogens (tertiary/aromatic N) is 4. The molecule has 1 saturated heterocycles. The summed E-state index contributed by atoms with van der Waals surface area (Å²) in [6.07, 6.45) is 3.59. The maximum atomic E-state index is 5.49. The zero-order valence-electron chi connectivity index (χ0n) is 13.2. The van der Waals surface area contributed by atoms with E-state index in [1.165, 1.54) is 11.1 Å². The van der Waals surface area contributed by atoms with Crippen molar-refractivity contribution in [1.82, 2.24) is 14.9 Å². The first-order valence-corrected chi connectivity index (χ1v) is 7.93. The van der Waals surface area contributed by atoms with E-state index in [1.54, 1.807) is 12.4 Å². The molecular formula is C17H20N4O2. The molecule has 23 heavy (non-hydrogen) atoms. The van der Waals surface area contributed by atoms with Crippen molar-refractivity contribution in [3.05, 3.63) is 41.7 Å². The van der Waals surface area contributed by atoms with E-state index >= 15 is 0 Å². The van der Waals surface area contributed by atoms with Gasteiger partial charge in [-0.25, -0.2) is 9.97 Å². The Morgan fingerprint density at radius 2 is 1.70 bits per heavy atom. The summed E-state index contributed by atoms with van der Waals surface area (Å²) in [4.78, 5) is 13.4. The highest BCUT2D eigenvalue weighted by Crippen LogP contribution is 2.35. The number of fused-ring (bicyclic) bond motifs is 1. The number of benzene rings is 1. The van der Waals surface area contributed by atoms with Crippen LogP contribution in [0.4, 0.5) is 5.95 Å². The summed E-state index contributed by atoms with van der Waals surface area (Å²) in [5.41, 5.74) is 2.56. The highest BCUT2D eigenvalue weighted by molar-refractivity contribution is 5.48. The van der Waals surface area contributed by atoms with Crippen molar-refractivity contribution in [3.63, 3.8) is 0 Å². The van der Waals surface area contributed by atoms with Gasteiger partial charge in [0.05, 0.1) is 0 Å². The van der Waals surface area contributed by atoms with E-state index in [0.717, 1.165) is 50.2 Å². The predicted octanol–water partition coefficient (Wildman–Crippen LogP) is 1.84. The second-order valence-electron chi connectivity index (χ2n) is 5.94. The number of aromatic nitrogens is 2. The molecule has 4 rings (SSSR count). The van der Waals surface area contributed by atoms with E-state index < -0.39 is 0 Å². The van der Waals surface area contributed by atoms with Gasteiger partial charge in [0.2, 0.25) is 12.7 Å². The second-order valence-corrected chi connectivity index (χ2v) is 5.94. The van der Waals surface area contributed by atoms with Crippen molar-refractivity contribution in [3.8, 4) is 11.5 Å². The molecule has 0 aliphatic carbocycles. The largest absolute Gasteiger partial charge is 0.454 e. The van der Waals surface area contributed by atoms with Crippen molar-refractivity contribution in [1.29, 1.82) is 0 Å². The van der Waals surface area contributed by atoms with Crippen LogP contribution in [0, 0.1) is 6.92 Å². The Morgan fingerprint density at radius 3 is 2.43 bits per heavy atom. The lowest BCUT2D eigenvalue weighted by Crippen LogP contribution is -2.46. The smallest absolute Gasteiger partial charge is 0.231 e. The summed E-state index contributed by atoms with van der Waals surface area (Å²) < 4.78 is 10.9. The van der Waals surface area contributed by atoms with Crippen LogP contribution in [0.2, 0.25) is 0 Å². The van der Waals surface area contributed by atoms with Gasteiger partial charge in [-0.15, -0.1) is 0 Å². The predicted molar refractivity (Wildman–Crippen MR) is 86.8 cm³/mol. The summed E-state index contributed by atoms with van der Waals surface area (Å²) in [5.74, 6) is 2.55. The van der Waals surface area contributed by atoms with Crippen LogP contribution >= 0.6 is 0 Å². The molecule has 1 aromatic heterocycles. The average molecular weight is 312 g/mol. The molecule has 6 heteroatoms. The summed E-state index contributed by atoms with van der Waals surface area (Å²) >= 11 is 0. The first kappa shape index (κ1) is 14.3. The number of hydrogen-bond acceptors (Lipinski definition) is 6. The Kier molecular flexibility index (Phi) is 3.75. The van der Waals surface area contributed by atoms with Crippen molar-refractivity contribution < 1.29 is 9.47 Å². The van der Waals surface area contributed by atoms with E-state index in [-0.39, 0.29) is 0 Å². The molecule has 0 saturated carbocycles. The van der Waals surface area contributed by atoms with Crippen molar-refractivity contribution in [2.45, 2.75) is 13.5 Å². The van der Waals surface area contributed by atoms with Crippen LogP contribution in [-0.4, -0.2) is 47.8 Å². The third kappa shape index (κ3) is 2.94. The first-order valence-electron chi connectivity index (χ1n) is 7.93. The van der Waals surface area contributed by atoms with Gasteiger partial charge in [0.1, 0.15) is 0 Å². The molecule has 2 aliphatic heterocycles. The highest BCUT2D eigenvalue weighted by Gasteiger charge is 2.21. The molecule has 2 aliphatic rings. The molecule has 0 spiro atoms. The van der Waals surface area contributed by atoms with Gasteiger partial charge in [-0.1, -0.05) is 0 Å². The molecular weight excluding hydrogens is 292 g/mol. The van der Waals surface area contributed by atoms with Crippen LogP contribution in [0.25, 0.3) is 0 Å². The number of piperazine rings is 1. The molecule has 6 nitrogen and oxygen atoms in total. The minimum Gasteiger partial charge on any atom is -0.454 e. The Morgan fingerprint density at radius 1 is 1.00 bits per heavy atom. The van der Waals surface area contributed by atoms with Crippen molar-refractivity contribution in [2.75, 3.05) is 37.9 Å². The third-order valence-corrected chi connectivity index (χ3v) is 4.43. The fourth-order valence-electron chi connectivity index (χ4n) is 3.06. The zero-order valence-corrected chi connectivity index (χ0v) is 13.2.